The topological polar surface area (TPSA) is 37.8 Å². The number of nitrogens with zero attached hydrogens (tertiary/aromatic N) is 2. The molecule has 1 aromatic heterocycles. The van der Waals surface area contributed by atoms with Crippen LogP contribution in [0, 0.1) is 6.92 Å². The second kappa shape index (κ2) is 6.25. The van der Waals surface area contributed by atoms with Gasteiger partial charge in [-0.25, -0.2) is 9.97 Å². The van der Waals surface area contributed by atoms with Crippen LogP contribution in [0.25, 0.3) is 0 Å². The van der Waals surface area contributed by atoms with Gasteiger partial charge >= 0.3 is 0 Å². The molecule has 3 heteroatoms. The van der Waals surface area contributed by atoms with Crippen LogP contribution < -0.4 is 5.32 Å². The van der Waals surface area contributed by atoms with Gasteiger partial charge in [-0.15, -0.1) is 0 Å². The molecule has 0 amide bonds. The van der Waals surface area contributed by atoms with Gasteiger partial charge in [-0.2, -0.15) is 0 Å². The Balaban J connectivity index is 1.83. The minimum atomic E-state index is 0.257. The Hall–Kier alpha value is -1.90. The highest BCUT2D eigenvalue weighted by atomic mass is 15.0. The molecule has 0 fully saturated rings. The van der Waals surface area contributed by atoms with Crippen molar-refractivity contribution in [2.24, 2.45) is 0 Å². The summed E-state index contributed by atoms with van der Waals surface area (Å²) in [6.45, 7) is 4.31. The van der Waals surface area contributed by atoms with Crippen LogP contribution in [0.3, 0.4) is 0 Å². The average molecular weight is 281 g/mol. The Morgan fingerprint density at radius 3 is 2.57 bits per heavy atom. The molecular formula is C18H23N3. The van der Waals surface area contributed by atoms with Crippen molar-refractivity contribution < 1.29 is 0 Å². The van der Waals surface area contributed by atoms with Gasteiger partial charge in [-0.05, 0) is 45.1 Å². The minimum Gasteiger partial charge on any atom is -0.363 e. The zero-order valence-corrected chi connectivity index (χ0v) is 12.9. The molecule has 0 bridgehead atoms. The number of hydrogen-bond donors (Lipinski definition) is 1. The highest BCUT2D eigenvalue weighted by molar-refractivity contribution is 5.48. The number of anilines is 1. The van der Waals surface area contributed by atoms with Crippen molar-refractivity contribution >= 4 is 5.82 Å². The molecule has 0 aliphatic heterocycles. The van der Waals surface area contributed by atoms with E-state index in [4.69, 9.17) is 0 Å². The molecule has 3 rings (SSSR count). The van der Waals surface area contributed by atoms with Crippen LogP contribution in [0.2, 0.25) is 0 Å². The van der Waals surface area contributed by atoms with Crippen molar-refractivity contribution in [3.8, 4) is 0 Å². The highest BCUT2D eigenvalue weighted by Crippen LogP contribution is 2.26. The average Bonchev–Trinajstić information content (AvgIpc) is 2.74. The lowest BCUT2D eigenvalue weighted by Crippen LogP contribution is -2.12. The lowest BCUT2D eigenvalue weighted by atomic mass is 10.1. The Morgan fingerprint density at radius 2 is 1.76 bits per heavy atom. The molecule has 0 spiro atoms. The van der Waals surface area contributed by atoms with Gasteiger partial charge in [0.1, 0.15) is 12.1 Å². The van der Waals surface area contributed by atoms with E-state index in [1.807, 2.05) is 0 Å². The maximum atomic E-state index is 4.49. The third-order valence-electron chi connectivity index (χ3n) is 4.31. The standard InChI is InChI=1S/C18H23N3/c1-13-8-10-15(11-9-13)14(2)21-18-16-6-4-3-5-7-17(16)19-12-20-18/h8-12,14H,3-7H2,1-2H3,(H,19,20,21). The molecule has 1 aliphatic carbocycles. The first kappa shape index (κ1) is 14.1. The Morgan fingerprint density at radius 1 is 1.00 bits per heavy atom. The highest BCUT2D eigenvalue weighted by Gasteiger charge is 2.16. The maximum absolute atomic E-state index is 4.49. The van der Waals surface area contributed by atoms with Gasteiger partial charge in [0.05, 0.1) is 0 Å². The van der Waals surface area contributed by atoms with Gasteiger partial charge < -0.3 is 5.32 Å². The van der Waals surface area contributed by atoms with Gasteiger partial charge in [0.2, 0.25) is 0 Å². The summed E-state index contributed by atoms with van der Waals surface area (Å²) in [5, 5.41) is 3.58. The fraction of sp³-hybridized carbons (Fsp3) is 0.444. The van der Waals surface area contributed by atoms with Crippen LogP contribution in [-0.4, -0.2) is 9.97 Å². The van der Waals surface area contributed by atoms with Crippen LogP contribution in [0.1, 0.15) is 54.6 Å². The Bertz CT molecular complexity index is 604. The van der Waals surface area contributed by atoms with Crippen LogP contribution >= 0.6 is 0 Å². The van der Waals surface area contributed by atoms with E-state index in [1.165, 1.54) is 41.6 Å². The SMILES string of the molecule is Cc1ccc(C(C)Nc2ncnc3c2CCCCC3)cc1. The second-order valence-corrected chi connectivity index (χ2v) is 5.98. The van der Waals surface area contributed by atoms with E-state index in [0.29, 0.717) is 0 Å². The number of aryl methyl sites for hydroxylation is 2. The molecular weight excluding hydrogens is 258 g/mol. The smallest absolute Gasteiger partial charge is 0.133 e. The third kappa shape index (κ3) is 3.23. The van der Waals surface area contributed by atoms with E-state index >= 15 is 0 Å². The van der Waals surface area contributed by atoms with Crippen molar-refractivity contribution in [1.82, 2.24) is 9.97 Å². The number of nitrogens with one attached hydrogen (secondary N) is 1. The Kier molecular flexibility index (Phi) is 4.18. The minimum absolute atomic E-state index is 0.257. The first-order valence-corrected chi connectivity index (χ1v) is 7.90. The van der Waals surface area contributed by atoms with E-state index in [0.717, 1.165) is 18.7 Å². The fourth-order valence-corrected chi connectivity index (χ4v) is 2.97. The summed E-state index contributed by atoms with van der Waals surface area (Å²) in [6.07, 6.45) is 7.67. The lowest BCUT2D eigenvalue weighted by Gasteiger charge is -2.18. The van der Waals surface area contributed by atoms with Crippen LogP contribution in [0.15, 0.2) is 30.6 Å². The number of hydrogen-bond acceptors (Lipinski definition) is 3. The summed E-state index contributed by atoms with van der Waals surface area (Å²) in [6, 6.07) is 8.95. The number of benzene rings is 1. The van der Waals surface area contributed by atoms with Gasteiger partial charge in [-0.3, -0.25) is 0 Å². The quantitative estimate of drug-likeness (QED) is 0.856. The monoisotopic (exact) mass is 281 g/mol. The van der Waals surface area contributed by atoms with E-state index < -0.39 is 0 Å². The van der Waals surface area contributed by atoms with Crippen molar-refractivity contribution in [1.29, 1.82) is 0 Å². The van der Waals surface area contributed by atoms with Crippen molar-refractivity contribution in [2.75, 3.05) is 5.32 Å². The molecule has 1 aliphatic rings. The van der Waals surface area contributed by atoms with E-state index in [9.17, 15) is 0 Å². The molecule has 3 nitrogen and oxygen atoms in total. The summed E-state index contributed by atoms with van der Waals surface area (Å²) in [5.74, 6) is 1.02. The molecule has 0 radical (unpaired) electrons. The number of aromatic nitrogens is 2. The number of rotatable bonds is 3. The van der Waals surface area contributed by atoms with Crippen molar-refractivity contribution in [3.63, 3.8) is 0 Å². The fourth-order valence-electron chi connectivity index (χ4n) is 2.97. The van der Waals surface area contributed by atoms with Gasteiger partial charge in [0, 0.05) is 17.3 Å². The largest absolute Gasteiger partial charge is 0.363 e. The normalized spacial score (nSPS) is 15.9. The molecule has 1 N–H and O–H groups in total. The first-order valence-electron chi connectivity index (χ1n) is 7.90. The summed E-state index contributed by atoms with van der Waals surface area (Å²) in [4.78, 5) is 8.97. The third-order valence-corrected chi connectivity index (χ3v) is 4.31. The zero-order chi connectivity index (χ0) is 14.7. The summed E-state index contributed by atoms with van der Waals surface area (Å²) in [5.41, 5.74) is 5.15. The zero-order valence-electron chi connectivity index (χ0n) is 12.9. The van der Waals surface area contributed by atoms with Gasteiger partial charge in [-0.1, -0.05) is 36.2 Å². The van der Waals surface area contributed by atoms with Crippen LogP contribution in [0.5, 0.6) is 0 Å². The van der Waals surface area contributed by atoms with Crippen molar-refractivity contribution in [3.05, 3.63) is 53.0 Å². The summed E-state index contributed by atoms with van der Waals surface area (Å²) in [7, 11) is 0. The molecule has 1 heterocycles. The molecule has 110 valence electrons. The van der Waals surface area contributed by atoms with Gasteiger partial charge in [0.15, 0.2) is 0 Å². The summed E-state index contributed by atoms with van der Waals surface area (Å²) >= 11 is 0. The van der Waals surface area contributed by atoms with Crippen molar-refractivity contribution in [2.45, 2.75) is 52.0 Å². The van der Waals surface area contributed by atoms with Crippen LogP contribution in [-0.2, 0) is 12.8 Å². The van der Waals surface area contributed by atoms with Crippen LogP contribution in [0.4, 0.5) is 5.82 Å². The molecule has 21 heavy (non-hydrogen) atoms. The lowest BCUT2D eigenvalue weighted by molar-refractivity contribution is 0.708. The Labute approximate surface area is 126 Å². The molecule has 1 unspecified atom stereocenters. The molecule has 1 aromatic carbocycles. The summed E-state index contributed by atoms with van der Waals surface area (Å²) < 4.78 is 0. The predicted octanol–water partition coefficient (Wildman–Crippen LogP) is 4.23. The molecule has 0 saturated heterocycles. The second-order valence-electron chi connectivity index (χ2n) is 5.98. The maximum Gasteiger partial charge on any atom is 0.133 e. The van der Waals surface area contributed by atoms with Gasteiger partial charge in [0.25, 0.3) is 0 Å². The number of fused-ring (bicyclic) bond motifs is 1. The molecule has 1 atom stereocenters. The molecule has 0 saturated carbocycles. The first-order chi connectivity index (χ1) is 10.2. The predicted molar refractivity (Wildman–Crippen MR) is 86.5 cm³/mol. The van der Waals surface area contributed by atoms with E-state index in [-0.39, 0.29) is 6.04 Å². The molecule has 2 aromatic rings. The van der Waals surface area contributed by atoms with E-state index in [2.05, 4.69) is 53.4 Å². The van der Waals surface area contributed by atoms with E-state index in [1.54, 1.807) is 6.33 Å².